The molecule has 150 valence electrons. The van der Waals surface area contributed by atoms with Crippen molar-refractivity contribution in [2.45, 2.75) is 43.9 Å². The molecule has 0 unspecified atom stereocenters. The fourth-order valence-electron chi connectivity index (χ4n) is 4.90. The van der Waals surface area contributed by atoms with Gasteiger partial charge < -0.3 is 10.5 Å². The van der Waals surface area contributed by atoms with E-state index in [0.717, 1.165) is 38.8 Å². The largest absolute Gasteiger partial charge is 0.482 e. The van der Waals surface area contributed by atoms with Crippen LogP contribution < -0.4 is 10.5 Å². The minimum absolute atomic E-state index is 0.124. The Bertz CT molecular complexity index is 1020. The van der Waals surface area contributed by atoms with Gasteiger partial charge in [-0.1, -0.05) is 24.3 Å². The van der Waals surface area contributed by atoms with Gasteiger partial charge in [0, 0.05) is 24.2 Å². The molecule has 1 fully saturated rings. The van der Waals surface area contributed by atoms with Crippen LogP contribution in [0.15, 0.2) is 54.7 Å². The summed E-state index contributed by atoms with van der Waals surface area (Å²) in [5.41, 5.74) is 9.40. The summed E-state index contributed by atoms with van der Waals surface area (Å²) >= 11 is 0. The van der Waals surface area contributed by atoms with Gasteiger partial charge in [0.05, 0.1) is 6.04 Å². The van der Waals surface area contributed by atoms with Gasteiger partial charge in [0.2, 0.25) is 0 Å². The highest BCUT2D eigenvalue weighted by Gasteiger charge is 2.37. The molecule has 0 bridgehead atoms. The quantitative estimate of drug-likeness (QED) is 0.726. The molecule has 29 heavy (non-hydrogen) atoms. The number of likely N-dealkylation sites (tertiary alicyclic amines) is 1. The van der Waals surface area contributed by atoms with Gasteiger partial charge in [-0.15, -0.1) is 0 Å². The van der Waals surface area contributed by atoms with Crippen LogP contribution in [0.5, 0.6) is 5.75 Å². The van der Waals surface area contributed by atoms with Gasteiger partial charge >= 0.3 is 0 Å². The van der Waals surface area contributed by atoms with Crippen LogP contribution in [-0.2, 0) is 6.42 Å². The van der Waals surface area contributed by atoms with E-state index in [0.29, 0.717) is 16.7 Å². The maximum Gasteiger partial charge on any atom is 0.146 e. The number of nitrogens with two attached hydrogens (primary N) is 1. The molecule has 1 aliphatic heterocycles. The fraction of sp³-hybridized carbons (Fsp3) is 0.375. The van der Waals surface area contributed by atoms with Gasteiger partial charge in [0.25, 0.3) is 0 Å². The molecule has 2 N–H and O–H groups in total. The number of benzene rings is 2. The lowest BCUT2D eigenvalue weighted by molar-refractivity contribution is 0.0374. The van der Waals surface area contributed by atoms with E-state index in [-0.39, 0.29) is 24.0 Å². The Morgan fingerprint density at radius 1 is 1.07 bits per heavy atom. The number of aryl methyl sites for hydroxylation is 1. The first kappa shape index (κ1) is 18.5. The molecule has 0 radical (unpaired) electrons. The second kappa shape index (κ2) is 7.73. The monoisotopic (exact) mass is 391 g/mol. The third kappa shape index (κ3) is 3.49. The number of fused-ring (bicyclic) bond motifs is 2. The predicted molar refractivity (Wildman–Crippen MR) is 112 cm³/mol. The summed E-state index contributed by atoms with van der Waals surface area (Å²) in [4.78, 5) is 6.91. The minimum atomic E-state index is -0.275. The van der Waals surface area contributed by atoms with Gasteiger partial charge in [0.1, 0.15) is 23.2 Å². The Balaban J connectivity index is 1.55. The van der Waals surface area contributed by atoms with Crippen molar-refractivity contribution < 1.29 is 9.13 Å². The summed E-state index contributed by atoms with van der Waals surface area (Å²) < 4.78 is 20.9. The van der Waals surface area contributed by atoms with Crippen molar-refractivity contribution in [3.63, 3.8) is 0 Å². The first-order valence-electron chi connectivity index (χ1n) is 10.5. The predicted octanol–water partition coefficient (Wildman–Crippen LogP) is 4.23. The van der Waals surface area contributed by atoms with Gasteiger partial charge in [-0.05, 0) is 67.6 Å². The SMILES string of the molecule is N[C@@H]1CCCN([C@H]2CCc3ccccc3[C@@H]2Oc2ccc(F)c3cccnc23)C1. The summed E-state index contributed by atoms with van der Waals surface area (Å²) in [7, 11) is 0. The molecule has 2 aliphatic rings. The van der Waals surface area contributed by atoms with Crippen LogP contribution in [-0.4, -0.2) is 35.1 Å². The molecule has 3 atom stereocenters. The number of rotatable bonds is 3. The highest BCUT2D eigenvalue weighted by Crippen LogP contribution is 2.39. The van der Waals surface area contributed by atoms with Gasteiger partial charge in [-0.3, -0.25) is 9.88 Å². The lowest BCUT2D eigenvalue weighted by atomic mass is 9.84. The molecule has 1 aromatic heterocycles. The van der Waals surface area contributed by atoms with Crippen LogP contribution >= 0.6 is 0 Å². The van der Waals surface area contributed by atoms with E-state index in [1.807, 2.05) is 0 Å². The van der Waals surface area contributed by atoms with Crippen molar-refractivity contribution in [1.82, 2.24) is 9.88 Å². The van der Waals surface area contributed by atoms with Crippen molar-refractivity contribution >= 4 is 10.9 Å². The normalized spacial score (nSPS) is 25.0. The van der Waals surface area contributed by atoms with Gasteiger partial charge in [-0.25, -0.2) is 4.39 Å². The molecule has 1 saturated heterocycles. The van der Waals surface area contributed by atoms with Crippen molar-refractivity contribution in [2.24, 2.45) is 5.73 Å². The molecule has 2 aromatic carbocycles. The van der Waals surface area contributed by atoms with E-state index >= 15 is 0 Å². The molecule has 3 aromatic rings. The van der Waals surface area contributed by atoms with E-state index in [1.165, 1.54) is 17.2 Å². The minimum Gasteiger partial charge on any atom is -0.482 e. The van der Waals surface area contributed by atoms with Crippen molar-refractivity contribution in [3.8, 4) is 5.75 Å². The highest BCUT2D eigenvalue weighted by molar-refractivity contribution is 5.84. The second-order valence-corrected chi connectivity index (χ2v) is 8.19. The third-order valence-corrected chi connectivity index (χ3v) is 6.31. The number of hydrogen-bond donors (Lipinski definition) is 1. The Labute approximate surface area is 170 Å². The first-order chi connectivity index (χ1) is 14.2. The first-order valence-corrected chi connectivity index (χ1v) is 10.5. The Hall–Kier alpha value is -2.50. The molecular formula is C24H26FN3O. The zero-order valence-electron chi connectivity index (χ0n) is 16.4. The molecule has 2 heterocycles. The van der Waals surface area contributed by atoms with E-state index in [1.54, 1.807) is 24.4 Å². The maximum absolute atomic E-state index is 14.3. The number of nitrogens with zero attached hydrogens (tertiary/aromatic N) is 2. The van der Waals surface area contributed by atoms with Gasteiger partial charge in [-0.2, -0.15) is 0 Å². The number of halogens is 1. The summed E-state index contributed by atoms with van der Waals surface area (Å²) in [6.07, 6.45) is 5.83. The standard InChI is InChI=1S/C24H26FN3O/c25-20-10-12-22(23-19(20)8-3-13-27-23)29-24-18-7-2-1-5-16(18)9-11-21(24)28-14-4-6-17(26)15-28/h1-3,5,7-8,10,12-13,17,21,24H,4,6,9,11,14-15,26H2/t17-,21+,24+/m1/s1. The molecule has 4 nitrogen and oxygen atoms in total. The summed E-state index contributed by atoms with van der Waals surface area (Å²) in [6, 6.07) is 15.7. The molecule has 1 aliphatic carbocycles. The van der Waals surface area contributed by atoms with Crippen LogP contribution in [0, 0.1) is 5.82 Å². The number of hydrogen-bond acceptors (Lipinski definition) is 4. The van der Waals surface area contributed by atoms with E-state index in [9.17, 15) is 4.39 Å². The molecule has 0 amide bonds. The number of ether oxygens (including phenoxy) is 1. The number of piperidine rings is 1. The van der Waals surface area contributed by atoms with E-state index in [4.69, 9.17) is 10.5 Å². The van der Waals surface area contributed by atoms with E-state index in [2.05, 4.69) is 34.1 Å². The van der Waals surface area contributed by atoms with Crippen LogP contribution in [0.25, 0.3) is 10.9 Å². The zero-order chi connectivity index (χ0) is 19.8. The van der Waals surface area contributed by atoms with Crippen LogP contribution in [0.1, 0.15) is 36.5 Å². The van der Waals surface area contributed by atoms with Crippen molar-refractivity contribution in [2.75, 3.05) is 13.1 Å². The molecule has 0 spiro atoms. The molecule has 5 heteroatoms. The van der Waals surface area contributed by atoms with E-state index < -0.39 is 0 Å². The summed E-state index contributed by atoms with van der Waals surface area (Å²) in [5, 5.41) is 0.491. The number of pyridine rings is 1. The lowest BCUT2D eigenvalue weighted by Crippen LogP contribution is -2.51. The molecule has 0 saturated carbocycles. The molecule has 5 rings (SSSR count). The fourth-order valence-corrected chi connectivity index (χ4v) is 4.90. The molecular weight excluding hydrogens is 365 g/mol. The van der Waals surface area contributed by atoms with Crippen LogP contribution in [0.3, 0.4) is 0 Å². The average molecular weight is 391 g/mol. The van der Waals surface area contributed by atoms with Crippen LogP contribution in [0.4, 0.5) is 4.39 Å². The number of aromatic nitrogens is 1. The smallest absolute Gasteiger partial charge is 0.146 e. The Morgan fingerprint density at radius 2 is 1.97 bits per heavy atom. The topological polar surface area (TPSA) is 51.4 Å². The highest BCUT2D eigenvalue weighted by atomic mass is 19.1. The second-order valence-electron chi connectivity index (χ2n) is 8.19. The van der Waals surface area contributed by atoms with Crippen molar-refractivity contribution in [3.05, 3.63) is 71.7 Å². The maximum atomic E-state index is 14.3. The lowest BCUT2D eigenvalue weighted by Gasteiger charge is -2.43. The summed E-state index contributed by atoms with van der Waals surface area (Å²) in [6.45, 7) is 1.94. The third-order valence-electron chi connectivity index (χ3n) is 6.31. The average Bonchev–Trinajstić information content (AvgIpc) is 2.76. The van der Waals surface area contributed by atoms with Crippen molar-refractivity contribution in [1.29, 1.82) is 0 Å². The van der Waals surface area contributed by atoms with Crippen LogP contribution in [0.2, 0.25) is 0 Å². The summed E-state index contributed by atoms with van der Waals surface area (Å²) in [5.74, 6) is 0.359. The Morgan fingerprint density at radius 3 is 2.86 bits per heavy atom. The Kier molecular flexibility index (Phi) is 4.94. The van der Waals surface area contributed by atoms with Gasteiger partial charge in [0.15, 0.2) is 0 Å². The zero-order valence-corrected chi connectivity index (χ0v) is 16.4.